The van der Waals surface area contributed by atoms with Gasteiger partial charge in [-0.2, -0.15) is 0 Å². The zero-order valence-corrected chi connectivity index (χ0v) is 16.0. The summed E-state index contributed by atoms with van der Waals surface area (Å²) in [5.41, 5.74) is 4.35. The van der Waals surface area contributed by atoms with Gasteiger partial charge in [0.2, 0.25) is 5.91 Å². The van der Waals surface area contributed by atoms with Crippen LogP contribution in [0.1, 0.15) is 26.2 Å². The molecule has 138 valence electrons. The maximum atomic E-state index is 12.8. The van der Waals surface area contributed by atoms with Gasteiger partial charge in [0, 0.05) is 36.8 Å². The Bertz CT molecular complexity index is 763. The number of anilines is 1. The van der Waals surface area contributed by atoms with Gasteiger partial charge in [-0.15, -0.1) is 11.3 Å². The summed E-state index contributed by atoms with van der Waals surface area (Å²) in [6, 6.07) is 7.03. The van der Waals surface area contributed by atoms with Crippen LogP contribution in [0.5, 0.6) is 0 Å². The number of hydrogen-bond acceptors (Lipinski definition) is 4. The highest BCUT2D eigenvalue weighted by Crippen LogP contribution is 2.23. The topological polar surface area (TPSA) is 65.5 Å². The number of carbonyl (C=O) groups is 2. The van der Waals surface area contributed by atoms with Crippen molar-refractivity contribution >= 4 is 29.0 Å². The highest BCUT2D eigenvalue weighted by Gasteiger charge is 2.35. The molecular weight excluding hydrogens is 348 g/mol. The van der Waals surface area contributed by atoms with E-state index in [0.29, 0.717) is 25.2 Å². The Hall–Kier alpha value is -2.41. The van der Waals surface area contributed by atoms with E-state index < -0.39 is 0 Å². The van der Waals surface area contributed by atoms with Crippen molar-refractivity contribution in [2.75, 3.05) is 25.5 Å². The maximum absolute atomic E-state index is 12.8. The van der Waals surface area contributed by atoms with Crippen LogP contribution in [0.2, 0.25) is 0 Å². The molecule has 2 aromatic rings. The molecule has 1 atom stereocenters. The van der Waals surface area contributed by atoms with Crippen molar-refractivity contribution in [1.29, 1.82) is 0 Å². The summed E-state index contributed by atoms with van der Waals surface area (Å²) in [5, 5.41) is 4.92. The van der Waals surface area contributed by atoms with E-state index in [1.54, 1.807) is 22.4 Å². The van der Waals surface area contributed by atoms with Crippen LogP contribution in [0.25, 0.3) is 11.3 Å². The fourth-order valence-corrected chi connectivity index (χ4v) is 3.70. The Labute approximate surface area is 157 Å². The molecule has 3 amide bonds. The SMILES string of the molecule is CCCCC1C(=O)N(C)CCN1C(=O)Nc1cccc(-c2cscn2)c1. The number of rotatable bonds is 5. The number of thiazole rings is 1. The largest absolute Gasteiger partial charge is 0.342 e. The molecule has 7 heteroatoms. The van der Waals surface area contributed by atoms with Gasteiger partial charge in [-0.25, -0.2) is 9.78 Å². The number of aromatic nitrogens is 1. The average molecular weight is 372 g/mol. The van der Waals surface area contributed by atoms with Crippen molar-refractivity contribution in [1.82, 2.24) is 14.8 Å². The van der Waals surface area contributed by atoms with Gasteiger partial charge in [0.05, 0.1) is 11.2 Å². The van der Waals surface area contributed by atoms with Crippen LogP contribution in [-0.2, 0) is 4.79 Å². The molecule has 0 radical (unpaired) electrons. The van der Waals surface area contributed by atoms with E-state index in [1.165, 1.54) is 11.3 Å². The van der Waals surface area contributed by atoms with E-state index in [9.17, 15) is 9.59 Å². The van der Waals surface area contributed by atoms with Crippen LogP contribution in [0.3, 0.4) is 0 Å². The highest BCUT2D eigenvalue weighted by atomic mass is 32.1. The summed E-state index contributed by atoms with van der Waals surface area (Å²) in [6.07, 6.45) is 2.62. The van der Waals surface area contributed by atoms with Crippen LogP contribution in [0.15, 0.2) is 35.2 Å². The van der Waals surface area contributed by atoms with E-state index in [4.69, 9.17) is 0 Å². The van der Waals surface area contributed by atoms with Crippen molar-refractivity contribution in [3.63, 3.8) is 0 Å². The molecule has 0 spiro atoms. The van der Waals surface area contributed by atoms with Crippen molar-refractivity contribution in [2.45, 2.75) is 32.2 Å². The van der Waals surface area contributed by atoms with Crippen LogP contribution < -0.4 is 5.32 Å². The van der Waals surface area contributed by atoms with Gasteiger partial charge in [0.25, 0.3) is 0 Å². The molecule has 2 heterocycles. The van der Waals surface area contributed by atoms with E-state index in [-0.39, 0.29) is 18.0 Å². The standard InChI is InChI=1S/C19H24N4O2S/c1-3-4-8-17-18(24)22(2)9-10-23(17)19(25)21-15-7-5-6-14(11-15)16-12-26-13-20-16/h5-7,11-13,17H,3-4,8-10H2,1-2H3,(H,21,25). The van der Waals surface area contributed by atoms with E-state index in [2.05, 4.69) is 17.2 Å². The fraction of sp³-hybridized carbons (Fsp3) is 0.421. The Morgan fingerprint density at radius 2 is 2.23 bits per heavy atom. The maximum Gasteiger partial charge on any atom is 0.322 e. The quantitative estimate of drug-likeness (QED) is 0.871. The minimum atomic E-state index is -0.379. The van der Waals surface area contributed by atoms with Crippen LogP contribution in [-0.4, -0.2) is 52.9 Å². The number of likely N-dealkylation sites (N-methyl/N-ethyl adjacent to an activating group) is 1. The first-order valence-corrected chi connectivity index (χ1v) is 9.85. The number of benzene rings is 1. The molecule has 1 N–H and O–H groups in total. The zero-order valence-electron chi connectivity index (χ0n) is 15.1. The lowest BCUT2D eigenvalue weighted by atomic mass is 10.0. The first-order chi connectivity index (χ1) is 12.6. The summed E-state index contributed by atoms with van der Waals surface area (Å²) in [5.74, 6) is 0.0241. The van der Waals surface area contributed by atoms with Gasteiger partial charge in [-0.05, 0) is 18.6 Å². The predicted octanol–water partition coefficient (Wildman–Crippen LogP) is 3.67. The third-order valence-electron chi connectivity index (χ3n) is 4.65. The first-order valence-electron chi connectivity index (χ1n) is 8.91. The normalized spacial score (nSPS) is 17.5. The van der Waals surface area contributed by atoms with Crippen LogP contribution >= 0.6 is 11.3 Å². The summed E-state index contributed by atoms with van der Waals surface area (Å²) >= 11 is 1.54. The monoisotopic (exact) mass is 372 g/mol. The van der Waals surface area contributed by atoms with Crippen LogP contribution in [0, 0.1) is 0 Å². The Kier molecular flexibility index (Phi) is 5.88. The third kappa shape index (κ3) is 4.04. The third-order valence-corrected chi connectivity index (χ3v) is 5.23. The molecule has 1 aromatic heterocycles. The molecule has 26 heavy (non-hydrogen) atoms. The summed E-state index contributed by atoms with van der Waals surface area (Å²) < 4.78 is 0. The van der Waals surface area contributed by atoms with Gasteiger partial charge < -0.3 is 15.1 Å². The van der Waals surface area contributed by atoms with Gasteiger partial charge in [-0.3, -0.25) is 4.79 Å². The molecule has 0 bridgehead atoms. The van der Waals surface area contributed by atoms with Gasteiger partial charge in [0.15, 0.2) is 0 Å². The summed E-state index contributed by atoms with van der Waals surface area (Å²) in [6.45, 7) is 3.20. The zero-order chi connectivity index (χ0) is 18.5. The number of hydrogen-bond donors (Lipinski definition) is 1. The second-order valence-corrected chi connectivity index (χ2v) is 7.21. The van der Waals surface area contributed by atoms with Gasteiger partial charge in [-0.1, -0.05) is 31.9 Å². The molecule has 0 saturated carbocycles. The number of amides is 3. The second kappa shape index (κ2) is 8.31. The Morgan fingerprint density at radius 3 is 2.96 bits per heavy atom. The van der Waals surface area contributed by atoms with Crippen molar-refractivity contribution in [3.8, 4) is 11.3 Å². The summed E-state index contributed by atoms with van der Waals surface area (Å²) in [4.78, 5) is 33.0. The smallest absolute Gasteiger partial charge is 0.322 e. The van der Waals surface area contributed by atoms with Gasteiger partial charge >= 0.3 is 6.03 Å². The molecule has 1 saturated heterocycles. The first kappa shape index (κ1) is 18.4. The van der Waals surface area contributed by atoms with Crippen molar-refractivity contribution < 1.29 is 9.59 Å². The fourth-order valence-electron chi connectivity index (χ4n) is 3.14. The molecule has 6 nitrogen and oxygen atoms in total. The van der Waals surface area contributed by atoms with Crippen molar-refractivity contribution in [2.24, 2.45) is 0 Å². The minimum Gasteiger partial charge on any atom is -0.342 e. The summed E-state index contributed by atoms with van der Waals surface area (Å²) in [7, 11) is 1.80. The number of urea groups is 1. The molecule has 1 aliphatic rings. The molecule has 0 aliphatic carbocycles. The lowest BCUT2D eigenvalue weighted by molar-refractivity contribution is -0.138. The predicted molar refractivity (Wildman–Crippen MR) is 104 cm³/mol. The number of unbranched alkanes of at least 4 members (excludes halogenated alkanes) is 1. The molecule has 1 aliphatic heterocycles. The van der Waals surface area contributed by atoms with E-state index in [0.717, 1.165) is 24.1 Å². The number of nitrogens with one attached hydrogen (secondary N) is 1. The molecular formula is C19H24N4O2S. The highest BCUT2D eigenvalue weighted by molar-refractivity contribution is 7.07. The van der Waals surface area contributed by atoms with E-state index >= 15 is 0 Å². The molecule has 1 aromatic carbocycles. The van der Waals surface area contributed by atoms with E-state index in [1.807, 2.05) is 29.6 Å². The number of piperazine rings is 1. The molecule has 3 rings (SSSR count). The minimum absolute atomic E-state index is 0.0241. The Balaban J connectivity index is 1.74. The average Bonchev–Trinajstić information content (AvgIpc) is 3.18. The van der Waals surface area contributed by atoms with Gasteiger partial charge in [0.1, 0.15) is 6.04 Å². The second-order valence-electron chi connectivity index (χ2n) is 6.50. The van der Waals surface area contributed by atoms with Crippen LogP contribution in [0.4, 0.5) is 10.5 Å². The number of nitrogens with zero attached hydrogens (tertiary/aromatic N) is 3. The Morgan fingerprint density at radius 1 is 1.38 bits per heavy atom. The van der Waals surface area contributed by atoms with Crippen molar-refractivity contribution in [3.05, 3.63) is 35.2 Å². The lowest BCUT2D eigenvalue weighted by Crippen LogP contribution is -2.58. The molecule has 1 fully saturated rings. The lowest BCUT2D eigenvalue weighted by Gasteiger charge is -2.39. The molecule has 1 unspecified atom stereocenters. The number of carbonyl (C=O) groups excluding carboxylic acids is 2.